The Kier molecular flexibility index (Phi) is 16.2. The topological polar surface area (TPSA) is 61.4 Å². The van der Waals surface area contributed by atoms with E-state index >= 15 is 0 Å². The van der Waals surface area contributed by atoms with Crippen molar-refractivity contribution in [1.82, 2.24) is 29.1 Å². The summed E-state index contributed by atoms with van der Waals surface area (Å²) in [5, 5.41) is 21.8. The van der Waals surface area contributed by atoms with E-state index in [0.717, 1.165) is 101 Å². The molecule has 24 rings (SSSR count). The molecule has 0 N–H and O–H groups in total. The quantitative estimate of drug-likeness (QED) is 0.128. The van der Waals surface area contributed by atoms with Crippen molar-refractivity contribution in [2.45, 2.75) is 0 Å². The molecule has 6 nitrogen and oxygen atoms in total. The highest BCUT2D eigenvalue weighted by molar-refractivity contribution is 6.24. The zero-order chi connectivity index (χ0) is 77.7. The van der Waals surface area contributed by atoms with Crippen molar-refractivity contribution in [1.29, 1.82) is 0 Å². The van der Waals surface area contributed by atoms with E-state index in [2.05, 4.69) is 422 Å². The molecule has 0 unspecified atom stereocenters. The zero-order valence-electron chi connectivity index (χ0n) is 64.1. The van der Waals surface area contributed by atoms with Crippen molar-refractivity contribution in [3.63, 3.8) is 0 Å². The molecule has 6 heteroatoms. The number of nitrogens with zero attached hydrogens (tertiary/aromatic N) is 6. The highest BCUT2D eigenvalue weighted by Gasteiger charge is 2.23. The highest BCUT2D eigenvalue weighted by Crippen LogP contribution is 2.48. The number of para-hydroxylation sites is 8. The lowest BCUT2D eigenvalue weighted by molar-refractivity contribution is 1.10. The van der Waals surface area contributed by atoms with Gasteiger partial charge in [-0.25, -0.2) is 19.9 Å². The van der Waals surface area contributed by atoms with E-state index in [1.165, 1.54) is 131 Å². The number of rotatable bonds is 10. The summed E-state index contributed by atoms with van der Waals surface area (Å²) in [6.07, 6.45) is 0. The Morgan fingerprint density at radius 3 is 0.695 bits per heavy atom. The first-order valence-corrected chi connectivity index (χ1v) is 40.3. The van der Waals surface area contributed by atoms with E-state index in [1.807, 2.05) is 12.1 Å². The van der Waals surface area contributed by atoms with Gasteiger partial charge in [0.25, 0.3) is 0 Å². The fraction of sp³-hybridized carbons (Fsp3) is 0. The molecule has 24 aromatic rings. The molecule has 20 aromatic carbocycles. The van der Waals surface area contributed by atoms with Gasteiger partial charge in [0.1, 0.15) is 11.6 Å². The van der Waals surface area contributed by atoms with Crippen LogP contribution in [0.4, 0.5) is 0 Å². The van der Waals surface area contributed by atoms with Gasteiger partial charge < -0.3 is 0 Å². The molecule has 4 aromatic heterocycles. The number of pyridine rings is 2. The number of aromatic nitrogens is 6. The Hall–Kier alpha value is -15.8. The molecular formula is C112H70N6. The van der Waals surface area contributed by atoms with Gasteiger partial charge in [-0.3, -0.25) is 9.13 Å². The van der Waals surface area contributed by atoms with Crippen molar-refractivity contribution >= 4 is 130 Å². The molecule has 0 spiro atoms. The molecule has 0 saturated carbocycles. The van der Waals surface area contributed by atoms with Crippen molar-refractivity contribution in [3.8, 4) is 101 Å². The molecule has 118 heavy (non-hydrogen) atoms. The molecule has 0 bridgehead atoms. The summed E-state index contributed by atoms with van der Waals surface area (Å²) < 4.78 is 4.53. The molecular weight excluding hydrogens is 1430 g/mol. The normalized spacial score (nSPS) is 11.7. The van der Waals surface area contributed by atoms with E-state index in [-0.39, 0.29) is 0 Å². The Morgan fingerprint density at radius 1 is 0.153 bits per heavy atom. The average molecular weight is 1500 g/mol. The van der Waals surface area contributed by atoms with Crippen LogP contribution < -0.4 is 0 Å². The summed E-state index contributed by atoms with van der Waals surface area (Å²) >= 11 is 0. The minimum atomic E-state index is 0.934. The van der Waals surface area contributed by atoms with Crippen LogP contribution in [0.3, 0.4) is 0 Å². The van der Waals surface area contributed by atoms with Crippen molar-refractivity contribution in [2.24, 2.45) is 0 Å². The summed E-state index contributed by atoms with van der Waals surface area (Å²) in [5.74, 6) is 1.87. The average Bonchev–Trinajstić information content (AvgIpc) is 1.06. The molecule has 0 aliphatic heterocycles. The van der Waals surface area contributed by atoms with E-state index < -0.39 is 0 Å². The first kappa shape index (κ1) is 67.9. The van der Waals surface area contributed by atoms with E-state index in [4.69, 9.17) is 19.9 Å². The highest BCUT2D eigenvalue weighted by atomic mass is 15.1. The second-order valence-electron chi connectivity index (χ2n) is 30.8. The van der Waals surface area contributed by atoms with Gasteiger partial charge in [0.05, 0.1) is 44.5 Å². The third kappa shape index (κ3) is 11.7. The first-order chi connectivity index (χ1) is 58.5. The molecule has 0 saturated heterocycles. The molecule has 548 valence electrons. The fourth-order valence-corrected chi connectivity index (χ4v) is 18.3. The minimum absolute atomic E-state index is 0.934. The van der Waals surface area contributed by atoms with Gasteiger partial charge in [-0.05, 0) is 252 Å². The van der Waals surface area contributed by atoms with Gasteiger partial charge in [-0.15, -0.1) is 0 Å². The minimum Gasteiger partial charge on any atom is -0.292 e. The van der Waals surface area contributed by atoms with Crippen molar-refractivity contribution < 1.29 is 0 Å². The largest absolute Gasteiger partial charge is 0.292 e. The first-order valence-electron chi connectivity index (χ1n) is 40.3. The number of hydrogen-bond acceptors (Lipinski definition) is 4. The number of fused-ring (bicyclic) bond motifs is 12. The van der Waals surface area contributed by atoms with E-state index in [1.54, 1.807) is 0 Å². The number of benzene rings is 20. The van der Waals surface area contributed by atoms with Crippen LogP contribution in [-0.2, 0) is 0 Å². The second kappa shape index (κ2) is 28.1. The van der Waals surface area contributed by atoms with Crippen LogP contribution in [-0.4, -0.2) is 29.1 Å². The maximum absolute atomic E-state index is 5.15. The zero-order valence-corrected chi connectivity index (χ0v) is 64.1. The van der Waals surface area contributed by atoms with Gasteiger partial charge in [0.15, 0.2) is 0 Å². The second-order valence-corrected chi connectivity index (χ2v) is 30.8. The summed E-state index contributed by atoms with van der Waals surface area (Å²) in [7, 11) is 0. The van der Waals surface area contributed by atoms with Crippen LogP contribution >= 0.6 is 0 Å². The molecule has 0 aliphatic carbocycles. The van der Waals surface area contributed by atoms with Gasteiger partial charge in [0, 0.05) is 44.4 Å². The Labute approximate surface area is 680 Å². The molecule has 0 fully saturated rings. The monoisotopic (exact) mass is 1500 g/mol. The Bertz CT molecular complexity index is 7610. The molecule has 0 atom stereocenters. The summed E-state index contributed by atoms with van der Waals surface area (Å²) in [4.78, 5) is 20.2. The third-order valence-corrected chi connectivity index (χ3v) is 23.8. The number of hydrogen-bond donors (Lipinski definition) is 0. The van der Waals surface area contributed by atoms with Crippen molar-refractivity contribution in [3.05, 3.63) is 425 Å². The van der Waals surface area contributed by atoms with E-state index in [9.17, 15) is 0 Å². The maximum Gasteiger partial charge on any atom is 0.145 e. The molecule has 0 radical (unpaired) electrons. The van der Waals surface area contributed by atoms with Crippen LogP contribution in [0.2, 0.25) is 0 Å². The summed E-state index contributed by atoms with van der Waals surface area (Å²) in [6, 6.07) is 153. The van der Waals surface area contributed by atoms with E-state index in [0.29, 0.717) is 0 Å². The van der Waals surface area contributed by atoms with Gasteiger partial charge in [-0.2, -0.15) is 0 Å². The molecule has 0 amide bonds. The third-order valence-electron chi connectivity index (χ3n) is 23.8. The lowest BCUT2D eigenvalue weighted by atomic mass is 9.85. The van der Waals surface area contributed by atoms with Crippen LogP contribution in [0.1, 0.15) is 0 Å². The summed E-state index contributed by atoms with van der Waals surface area (Å²) in [5.41, 5.74) is 24.6. The van der Waals surface area contributed by atoms with Gasteiger partial charge >= 0.3 is 0 Å². The SMILES string of the molecule is c1ccc(-n2c(-c3ccc4cc(-c5c6ccccc6c(-c6ccc7cc(-c8nc9ccccc9n8-c8ccccc8)ccc7c6)c6ccccc56)ccc4c3)nc3ccccc32)cc1.c1ccc2nc(-c3ccc4cc(-c5c6ccccc6c(-c6ccc7cc(-c8ccc9ccccc9n8)ccc7c6)c6ccccc56)ccc4c3)ccc2c1. The fourth-order valence-electron chi connectivity index (χ4n) is 18.3. The summed E-state index contributed by atoms with van der Waals surface area (Å²) in [6.45, 7) is 0. The molecule has 4 heterocycles. The standard InChI is InChI=1S/C60H38N4.C52H32N2/c1-3-15-47(16-4-1)63-55-25-13-11-23-53(55)61-59(63)45-33-29-39-35-43(31-27-41(39)37-45)57-49-19-7-9-21-51(49)58(52-22-10-8-20-50(52)57)44-32-28-42-38-46(34-30-40(42)36-44)60-62-54-24-12-14-26-56(54)64(60)48-17-5-2-6-18-48;1-7-15-47-33(9-1)25-27-49(53-47)39-21-17-37-31-41(23-19-35(37)29-39)51-43-11-3-5-13-45(43)52(46-14-6-4-12-44(46)51)42-24-20-36-30-40(22-18-38(36)32-42)50-28-26-34-10-2-8-16-48(34)54-50/h1-38H;1-32H. The maximum atomic E-state index is 5.15. The lowest BCUT2D eigenvalue weighted by Crippen LogP contribution is -1.97. The van der Waals surface area contributed by atoms with Crippen LogP contribution in [0.25, 0.3) is 231 Å². The Morgan fingerprint density at radius 2 is 0.381 bits per heavy atom. The van der Waals surface area contributed by atoms with Crippen LogP contribution in [0.5, 0.6) is 0 Å². The van der Waals surface area contributed by atoms with Gasteiger partial charge in [-0.1, -0.05) is 303 Å². The van der Waals surface area contributed by atoms with Crippen molar-refractivity contribution in [2.75, 3.05) is 0 Å². The smallest absolute Gasteiger partial charge is 0.145 e. The van der Waals surface area contributed by atoms with Crippen LogP contribution in [0, 0.1) is 0 Å². The number of imidazole rings is 2. The molecule has 0 aliphatic rings. The van der Waals surface area contributed by atoms with Gasteiger partial charge in [0.2, 0.25) is 0 Å². The van der Waals surface area contributed by atoms with Crippen LogP contribution in [0.15, 0.2) is 425 Å². The predicted octanol–water partition coefficient (Wildman–Crippen LogP) is 29.7. The Balaban J connectivity index is 0.000000140. The predicted molar refractivity (Wildman–Crippen MR) is 496 cm³/mol. The lowest BCUT2D eigenvalue weighted by Gasteiger charge is -2.18.